The zero-order valence-corrected chi connectivity index (χ0v) is 15.1. The second-order valence-corrected chi connectivity index (χ2v) is 5.95. The van der Waals surface area contributed by atoms with Crippen LogP contribution >= 0.6 is 0 Å². The highest BCUT2D eigenvalue weighted by atomic mass is 19.4. The third kappa shape index (κ3) is 5.07. The molecule has 1 aromatic heterocycles. The van der Waals surface area contributed by atoms with Crippen LogP contribution in [0.2, 0.25) is 0 Å². The van der Waals surface area contributed by atoms with Crippen LogP contribution in [0.1, 0.15) is 11.1 Å². The van der Waals surface area contributed by atoms with E-state index >= 15 is 0 Å². The van der Waals surface area contributed by atoms with Gasteiger partial charge in [-0.3, -0.25) is 4.98 Å². The Hall–Kier alpha value is -3.49. The Morgan fingerprint density at radius 2 is 1.76 bits per heavy atom. The number of benzene rings is 2. The van der Waals surface area contributed by atoms with Gasteiger partial charge in [-0.15, -0.1) is 0 Å². The van der Waals surface area contributed by atoms with Crippen molar-refractivity contribution in [2.24, 2.45) is 0 Å². The molecule has 0 bridgehead atoms. The summed E-state index contributed by atoms with van der Waals surface area (Å²) in [5.74, 6) is -0.678. The molecule has 0 aliphatic carbocycles. The summed E-state index contributed by atoms with van der Waals surface area (Å²) < 4.78 is 63.5. The molecule has 0 saturated heterocycles. The lowest BCUT2D eigenvalue weighted by molar-refractivity contribution is -0.274. The Morgan fingerprint density at radius 3 is 2.45 bits per heavy atom. The van der Waals surface area contributed by atoms with E-state index in [1.807, 2.05) is 0 Å². The molecule has 0 spiro atoms. The predicted molar refractivity (Wildman–Crippen MR) is 95.5 cm³/mol. The van der Waals surface area contributed by atoms with Crippen molar-refractivity contribution in [1.29, 1.82) is 0 Å². The maximum Gasteiger partial charge on any atom is 0.416 e. The molecule has 0 aliphatic heterocycles. The first-order chi connectivity index (χ1) is 13.8. The molecular formula is C20H15F4N2O3-. The number of halogens is 4. The van der Waals surface area contributed by atoms with Crippen LogP contribution in [-0.2, 0) is 12.7 Å². The molecule has 0 unspecified atom stereocenters. The van der Waals surface area contributed by atoms with Crippen LogP contribution in [-0.4, -0.2) is 12.1 Å². The van der Waals surface area contributed by atoms with Gasteiger partial charge in [-0.25, -0.2) is 4.39 Å². The standard InChI is InChI=1S/C20H16F4N2O3/c1-28-18-9-14(21)3-5-17(18)29-16-4-2-13(20(22,23)24)8-12(16)11-26-15-6-7-25-19(27)10-15/h2-10H,11H2,1H3,(H2,25,26,27)/p-1. The average molecular weight is 407 g/mol. The summed E-state index contributed by atoms with van der Waals surface area (Å²) in [5, 5.41) is 14.2. The molecule has 1 N–H and O–H groups in total. The fraction of sp³-hybridized carbons (Fsp3) is 0.150. The average Bonchev–Trinajstić information content (AvgIpc) is 2.67. The SMILES string of the molecule is COc1cc(F)ccc1Oc1ccc(C(F)(F)F)cc1CNc1ccnc([O-])c1. The van der Waals surface area contributed by atoms with Crippen LogP contribution in [0.15, 0.2) is 54.7 Å². The Kier molecular flexibility index (Phi) is 5.76. The van der Waals surface area contributed by atoms with Crippen molar-refractivity contribution < 1.29 is 32.1 Å². The highest BCUT2D eigenvalue weighted by Crippen LogP contribution is 2.37. The normalized spacial score (nSPS) is 11.2. The number of nitrogens with one attached hydrogen (secondary N) is 1. The molecule has 9 heteroatoms. The largest absolute Gasteiger partial charge is 0.859 e. The lowest BCUT2D eigenvalue weighted by Gasteiger charge is -2.17. The minimum atomic E-state index is -4.54. The minimum absolute atomic E-state index is 0.0633. The summed E-state index contributed by atoms with van der Waals surface area (Å²) in [6.07, 6.45) is -3.25. The number of ether oxygens (including phenoxy) is 2. The zero-order chi connectivity index (χ0) is 21.0. The molecule has 3 rings (SSSR count). The van der Waals surface area contributed by atoms with Gasteiger partial charge in [0, 0.05) is 30.1 Å². The lowest BCUT2D eigenvalue weighted by Crippen LogP contribution is -2.08. The zero-order valence-electron chi connectivity index (χ0n) is 15.1. The van der Waals surface area contributed by atoms with E-state index in [1.54, 1.807) is 0 Å². The van der Waals surface area contributed by atoms with Crippen molar-refractivity contribution in [1.82, 2.24) is 4.98 Å². The van der Waals surface area contributed by atoms with Crippen molar-refractivity contribution in [2.45, 2.75) is 12.7 Å². The molecule has 152 valence electrons. The number of alkyl halides is 3. The second-order valence-electron chi connectivity index (χ2n) is 5.95. The second kappa shape index (κ2) is 8.26. The molecule has 3 aromatic rings. The van der Waals surface area contributed by atoms with E-state index in [0.717, 1.165) is 24.3 Å². The molecule has 2 aromatic carbocycles. The molecule has 0 amide bonds. The number of nitrogens with zero attached hydrogens (tertiary/aromatic N) is 1. The number of anilines is 1. The van der Waals surface area contributed by atoms with Crippen molar-refractivity contribution >= 4 is 5.69 Å². The summed E-state index contributed by atoms with van der Waals surface area (Å²) in [6, 6.07) is 9.30. The van der Waals surface area contributed by atoms with E-state index in [2.05, 4.69) is 10.3 Å². The molecule has 0 fully saturated rings. The molecule has 29 heavy (non-hydrogen) atoms. The first kappa shape index (κ1) is 20.2. The summed E-state index contributed by atoms with van der Waals surface area (Å²) in [5.41, 5.74) is -0.282. The number of hydrogen-bond donors (Lipinski definition) is 1. The van der Waals surface area contributed by atoms with Gasteiger partial charge in [0.1, 0.15) is 11.6 Å². The predicted octanol–water partition coefficient (Wildman–Crippen LogP) is 4.73. The van der Waals surface area contributed by atoms with Gasteiger partial charge >= 0.3 is 6.18 Å². The van der Waals surface area contributed by atoms with Crippen molar-refractivity contribution in [3.05, 3.63) is 71.7 Å². The van der Waals surface area contributed by atoms with Crippen LogP contribution in [0.5, 0.6) is 23.1 Å². The molecule has 5 nitrogen and oxygen atoms in total. The maximum absolute atomic E-state index is 13.4. The highest BCUT2D eigenvalue weighted by Gasteiger charge is 2.31. The van der Waals surface area contributed by atoms with Gasteiger partial charge in [0.25, 0.3) is 0 Å². The fourth-order valence-corrected chi connectivity index (χ4v) is 2.55. The van der Waals surface area contributed by atoms with E-state index in [-0.39, 0.29) is 29.4 Å². The summed E-state index contributed by atoms with van der Waals surface area (Å²) in [6.45, 7) is -0.0633. The fourth-order valence-electron chi connectivity index (χ4n) is 2.55. The van der Waals surface area contributed by atoms with E-state index < -0.39 is 23.4 Å². The van der Waals surface area contributed by atoms with Gasteiger partial charge < -0.3 is 19.9 Å². The molecule has 0 saturated carbocycles. The van der Waals surface area contributed by atoms with E-state index in [9.17, 15) is 22.7 Å². The van der Waals surface area contributed by atoms with Gasteiger partial charge in [0.2, 0.25) is 0 Å². The van der Waals surface area contributed by atoms with Gasteiger partial charge in [-0.1, -0.05) is 0 Å². The summed E-state index contributed by atoms with van der Waals surface area (Å²) >= 11 is 0. The van der Waals surface area contributed by atoms with E-state index in [0.29, 0.717) is 5.69 Å². The van der Waals surface area contributed by atoms with Crippen LogP contribution in [0.4, 0.5) is 23.2 Å². The first-order valence-electron chi connectivity index (χ1n) is 8.35. The first-order valence-corrected chi connectivity index (χ1v) is 8.35. The third-order valence-corrected chi connectivity index (χ3v) is 3.95. The molecular weight excluding hydrogens is 392 g/mol. The molecule has 0 atom stereocenters. The van der Waals surface area contributed by atoms with E-state index in [4.69, 9.17) is 9.47 Å². The van der Waals surface area contributed by atoms with Crippen LogP contribution in [0.25, 0.3) is 0 Å². The topological polar surface area (TPSA) is 66.4 Å². The number of methoxy groups -OCH3 is 1. The summed E-state index contributed by atoms with van der Waals surface area (Å²) in [7, 11) is 1.32. The highest BCUT2D eigenvalue weighted by molar-refractivity contribution is 5.49. The van der Waals surface area contributed by atoms with Gasteiger partial charge in [-0.05, 0) is 48.3 Å². The van der Waals surface area contributed by atoms with Crippen molar-refractivity contribution in [2.75, 3.05) is 12.4 Å². The Morgan fingerprint density at radius 1 is 1.00 bits per heavy atom. The van der Waals surface area contributed by atoms with Gasteiger partial charge in [-0.2, -0.15) is 13.2 Å². The van der Waals surface area contributed by atoms with Crippen LogP contribution in [0.3, 0.4) is 0 Å². The lowest BCUT2D eigenvalue weighted by atomic mass is 10.1. The van der Waals surface area contributed by atoms with E-state index in [1.165, 1.54) is 37.6 Å². The van der Waals surface area contributed by atoms with Crippen LogP contribution < -0.4 is 19.9 Å². The van der Waals surface area contributed by atoms with Gasteiger partial charge in [0.05, 0.1) is 12.7 Å². The maximum atomic E-state index is 13.4. The van der Waals surface area contributed by atoms with Crippen molar-refractivity contribution in [3.8, 4) is 23.1 Å². The Bertz CT molecular complexity index is 1010. The van der Waals surface area contributed by atoms with Crippen molar-refractivity contribution in [3.63, 3.8) is 0 Å². The quantitative estimate of drug-likeness (QED) is 0.599. The number of aromatic nitrogens is 1. The Labute approximate surface area is 163 Å². The Balaban J connectivity index is 1.93. The molecule has 1 heterocycles. The number of pyridine rings is 1. The van der Waals surface area contributed by atoms with Gasteiger partial charge in [0.15, 0.2) is 11.5 Å². The summed E-state index contributed by atoms with van der Waals surface area (Å²) in [4.78, 5) is 3.53. The number of rotatable bonds is 6. The molecule has 0 aliphatic rings. The molecule has 0 radical (unpaired) electrons. The monoisotopic (exact) mass is 407 g/mol. The smallest absolute Gasteiger partial charge is 0.416 e. The van der Waals surface area contributed by atoms with Crippen LogP contribution in [0, 0.1) is 5.82 Å². The minimum Gasteiger partial charge on any atom is -0.859 e. The number of hydrogen-bond acceptors (Lipinski definition) is 5. The third-order valence-electron chi connectivity index (χ3n) is 3.95.